The molecule has 3 unspecified atom stereocenters. The Morgan fingerprint density at radius 2 is 1.15 bits per heavy atom. The van der Waals surface area contributed by atoms with Crippen molar-refractivity contribution < 1.29 is 19.1 Å². The van der Waals surface area contributed by atoms with Crippen molar-refractivity contribution in [3.63, 3.8) is 0 Å². The maximum Gasteiger partial charge on any atom is 0.306 e. The Bertz CT molecular complexity index is 947. The van der Waals surface area contributed by atoms with Crippen LogP contribution in [0.2, 0.25) is 0 Å². The average molecular weight is 774 g/mol. The molecule has 1 aliphatic rings. The Morgan fingerprint density at radius 3 is 1.62 bits per heavy atom. The number of ether oxygens (including phenoxy) is 2. The lowest BCUT2D eigenvalue weighted by molar-refractivity contribution is -0.161. The van der Waals surface area contributed by atoms with Gasteiger partial charge in [0.2, 0.25) is 0 Å². The van der Waals surface area contributed by atoms with Gasteiger partial charge in [-0.25, -0.2) is 0 Å². The van der Waals surface area contributed by atoms with Crippen LogP contribution in [0.1, 0.15) is 241 Å². The monoisotopic (exact) mass is 774 g/mol. The highest BCUT2D eigenvalue weighted by Crippen LogP contribution is 2.43. The first-order valence-electron chi connectivity index (χ1n) is 24.1. The second-order valence-corrected chi connectivity index (χ2v) is 19.3. The average Bonchev–Trinajstić information content (AvgIpc) is 3.47. The van der Waals surface area contributed by atoms with Crippen molar-refractivity contribution in [2.45, 2.75) is 253 Å². The van der Waals surface area contributed by atoms with Crippen LogP contribution in [0, 0.1) is 23.2 Å². The van der Waals surface area contributed by atoms with Crippen LogP contribution in [0.25, 0.3) is 0 Å². The molecule has 0 aliphatic heterocycles. The number of unbranched alkanes of at least 4 members (excludes halogenated alkanes) is 18. The van der Waals surface area contributed by atoms with E-state index < -0.39 is 5.60 Å². The molecule has 0 saturated heterocycles. The van der Waals surface area contributed by atoms with Crippen molar-refractivity contribution in [3.8, 4) is 0 Å². The predicted molar refractivity (Wildman–Crippen MR) is 238 cm³/mol. The summed E-state index contributed by atoms with van der Waals surface area (Å²) in [6, 6.07) is 0. The second kappa shape index (κ2) is 31.6. The van der Waals surface area contributed by atoms with Gasteiger partial charge in [-0.15, -0.1) is 0 Å². The van der Waals surface area contributed by atoms with E-state index in [1.165, 1.54) is 141 Å². The van der Waals surface area contributed by atoms with E-state index in [4.69, 9.17) is 9.47 Å². The number of hydrogen-bond donors (Lipinski definition) is 0. The summed E-state index contributed by atoms with van der Waals surface area (Å²) in [5.74, 6) is 0.797. The lowest BCUT2D eigenvalue weighted by Crippen LogP contribution is -2.38. The van der Waals surface area contributed by atoms with Crippen LogP contribution in [0.4, 0.5) is 0 Å². The van der Waals surface area contributed by atoms with Crippen molar-refractivity contribution in [2.75, 3.05) is 20.6 Å². The fourth-order valence-corrected chi connectivity index (χ4v) is 9.57. The summed E-state index contributed by atoms with van der Waals surface area (Å²) in [6.45, 7) is 16.8. The first-order valence-corrected chi connectivity index (χ1v) is 24.1. The van der Waals surface area contributed by atoms with Crippen molar-refractivity contribution in [2.24, 2.45) is 23.2 Å². The Balaban J connectivity index is 2.77. The topological polar surface area (TPSA) is 55.8 Å². The van der Waals surface area contributed by atoms with Gasteiger partial charge in [-0.1, -0.05) is 175 Å². The van der Waals surface area contributed by atoms with Gasteiger partial charge in [-0.05, 0) is 103 Å². The van der Waals surface area contributed by atoms with E-state index in [1.807, 2.05) is 14.1 Å². The van der Waals surface area contributed by atoms with E-state index in [1.54, 1.807) is 0 Å². The first kappa shape index (κ1) is 51.7. The second-order valence-electron chi connectivity index (χ2n) is 19.3. The van der Waals surface area contributed by atoms with Crippen molar-refractivity contribution in [1.82, 2.24) is 4.90 Å². The molecule has 5 heteroatoms. The fraction of sp³-hybridized carbons (Fsp3) is 0.920. The third kappa shape index (κ3) is 26.3. The third-order valence-corrected chi connectivity index (χ3v) is 12.6. The molecule has 1 aliphatic carbocycles. The van der Waals surface area contributed by atoms with Crippen LogP contribution in [0.15, 0.2) is 12.2 Å². The molecule has 3 atom stereocenters. The molecule has 324 valence electrons. The van der Waals surface area contributed by atoms with Gasteiger partial charge < -0.3 is 14.4 Å². The third-order valence-electron chi connectivity index (χ3n) is 12.6. The molecule has 0 aromatic heterocycles. The van der Waals surface area contributed by atoms with Gasteiger partial charge in [0, 0.05) is 18.8 Å². The number of allylic oxidation sites excluding steroid dienone is 2. The molecule has 55 heavy (non-hydrogen) atoms. The summed E-state index contributed by atoms with van der Waals surface area (Å²) in [5.41, 5.74) is -0.433. The van der Waals surface area contributed by atoms with E-state index in [0.29, 0.717) is 18.8 Å². The Hall–Kier alpha value is -1.36. The minimum Gasteiger partial charge on any atom is -0.462 e. The van der Waals surface area contributed by atoms with Crippen LogP contribution < -0.4 is 0 Å². The van der Waals surface area contributed by atoms with E-state index in [9.17, 15) is 9.59 Å². The minimum atomic E-state index is -0.525. The molecule has 0 aromatic rings. The first-order chi connectivity index (χ1) is 26.3. The molecule has 0 N–H and O–H groups in total. The Labute approximate surface area is 343 Å². The molecule has 1 fully saturated rings. The van der Waals surface area contributed by atoms with Gasteiger partial charge in [0.25, 0.3) is 0 Å². The van der Waals surface area contributed by atoms with Crippen LogP contribution in [-0.2, 0) is 19.1 Å². The van der Waals surface area contributed by atoms with Crippen LogP contribution in [-0.4, -0.2) is 49.2 Å². The van der Waals surface area contributed by atoms with E-state index in [0.717, 1.165) is 45.1 Å². The Kier molecular flexibility index (Phi) is 29.7. The predicted octanol–water partition coefficient (Wildman–Crippen LogP) is 15.0. The fourth-order valence-electron chi connectivity index (χ4n) is 9.57. The Morgan fingerprint density at radius 1 is 0.655 bits per heavy atom. The number of esters is 2. The lowest BCUT2D eigenvalue weighted by atomic mass is 9.68. The summed E-state index contributed by atoms with van der Waals surface area (Å²) in [5, 5.41) is 0. The van der Waals surface area contributed by atoms with Crippen molar-refractivity contribution in [3.05, 3.63) is 12.2 Å². The van der Waals surface area contributed by atoms with Gasteiger partial charge in [0.05, 0.1) is 0 Å². The van der Waals surface area contributed by atoms with Gasteiger partial charge in [0.1, 0.15) is 11.7 Å². The number of carbonyl (C=O) groups excluding carboxylic acids is 2. The van der Waals surface area contributed by atoms with Crippen LogP contribution in [0.3, 0.4) is 0 Å². The van der Waals surface area contributed by atoms with Gasteiger partial charge >= 0.3 is 11.9 Å². The highest BCUT2D eigenvalue weighted by Gasteiger charge is 2.41. The minimum absolute atomic E-state index is 0.0887. The quantitative estimate of drug-likeness (QED) is 0.0360. The summed E-state index contributed by atoms with van der Waals surface area (Å²) in [4.78, 5) is 28.5. The van der Waals surface area contributed by atoms with E-state index in [2.05, 4.69) is 65.5 Å². The molecule has 0 radical (unpaired) electrons. The normalized spacial score (nSPS) is 17.9. The molecule has 0 aromatic carbocycles. The highest BCUT2D eigenvalue weighted by atomic mass is 16.6. The van der Waals surface area contributed by atoms with Gasteiger partial charge in [-0.3, -0.25) is 9.59 Å². The molecule has 0 heterocycles. The summed E-state index contributed by atoms with van der Waals surface area (Å²) >= 11 is 0. The maximum absolute atomic E-state index is 13.7. The number of hydrogen-bond acceptors (Lipinski definition) is 5. The zero-order valence-corrected chi connectivity index (χ0v) is 38.5. The molecule has 5 nitrogen and oxygen atoms in total. The zero-order valence-electron chi connectivity index (χ0n) is 38.5. The summed E-state index contributed by atoms with van der Waals surface area (Å²) in [6.07, 6.45) is 40.5. The SMILES string of the molecule is CC/C=C\CC1C(CC(=O)OC(C)(C)CC(C)(C)C(CCCCCCCCCCCC)CCCCCCCCCCCC)CCC1OC(=O)CCCN(C)C. The van der Waals surface area contributed by atoms with Gasteiger partial charge in [0.15, 0.2) is 0 Å². The lowest BCUT2D eigenvalue weighted by Gasteiger charge is -2.41. The van der Waals surface area contributed by atoms with Crippen molar-refractivity contribution >= 4 is 11.9 Å². The highest BCUT2D eigenvalue weighted by molar-refractivity contribution is 5.71. The molecular formula is C50H95NO4. The number of rotatable bonds is 36. The smallest absolute Gasteiger partial charge is 0.306 e. The molecule has 1 rings (SSSR count). The largest absolute Gasteiger partial charge is 0.462 e. The summed E-state index contributed by atoms with van der Waals surface area (Å²) in [7, 11) is 4.06. The molecule has 1 saturated carbocycles. The number of nitrogens with zero attached hydrogens (tertiary/aromatic N) is 1. The zero-order chi connectivity index (χ0) is 40.8. The number of carbonyl (C=O) groups is 2. The molecule has 0 spiro atoms. The molecule has 0 amide bonds. The molecular weight excluding hydrogens is 679 g/mol. The maximum atomic E-state index is 13.7. The standard InChI is InChI=1S/C50H95NO4/c1-10-13-16-18-20-22-24-26-28-31-34-44(35-32-29-27-25-23-21-19-17-14-11-2)49(4,5)42-50(6,7)55-48(53)41-43-38-39-46(45(43)36-30-15-12-3)54-47(52)37-33-40-51(8)9/h15,30,43-46H,10-14,16-29,31-42H2,1-9H3/b30-15-. The summed E-state index contributed by atoms with van der Waals surface area (Å²) < 4.78 is 12.4. The van der Waals surface area contributed by atoms with Gasteiger partial charge in [-0.2, -0.15) is 0 Å². The van der Waals surface area contributed by atoms with E-state index in [-0.39, 0.29) is 35.3 Å². The van der Waals surface area contributed by atoms with Crippen LogP contribution >= 0.6 is 0 Å². The van der Waals surface area contributed by atoms with Crippen LogP contribution in [0.5, 0.6) is 0 Å². The van der Waals surface area contributed by atoms with E-state index >= 15 is 0 Å². The van der Waals surface area contributed by atoms with Crippen molar-refractivity contribution in [1.29, 1.82) is 0 Å². The molecule has 0 bridgehead atoms.